The summed E-state index contributed by atoms with van der Waals surface area (Å²) in [4.78, 5) is 30.6. The van der Waals surface area contributed by atoms with Crippen LogP contribution in [0.4, 0.5) is 5.69 Å². The quantitative estimate of drug-likeness (QED) is 0.151. The summed E-state index contributed by atoms with van der Waals surface area (Å²) < 4.78 is 40.5. The van der Waals surface area contributed by atoms with Gasteiger partial charge in [-0.2, -0.15) is 0 Å². The Morgan fingerprint density at radius 1 is 0.860 bits per heavy atom. The van der Waals surface area contributed by atoms with E-state index in [0.717, 1.165) is 53.1 Å². The second kappa shape index (κ2) is 16.9. The van der Waals surface area contributed by atoms with Gasteiger partial charge in [-0.3, -0.25) is 13.9 Å². The van der Waals surface area contributed by atoms with Gasteiger partial charge in [-0.05, 0) is 73.4 Å². The summed E-state index contributed by atoms with van der Waals surface area (Å²) in [7, 11) is -1.25. The van der Waals surface area contributed by atoms with Crippen molar-refractivity contribution in [1.29, 1.82) is 0 Å². The van der Waals surface area contributed by atoms with Gasteiger partial charge in [0.2, 0.25) is 11.8 Å². The number of benzene rings is 4. The van der Waals surface area contributed by atoms with Gasteiger partial charge in [0.05, 0.1) is 29.8 Å². The molecule has 1 aliphatic carbocycles. The molecule has 0 aliphatic heterocycles. The first-order valence-corrected chi connectivity index (χ1v) is 18.6. The fraction of sp³-hybridized carbons (Fsp3) is 0.333. The Bertz CT molecular complexity index is 1860. The van der Waals surface area contributed by atoms with Crippen molar-refractivity contribution in [2.45, 2.75) is 69.0 Å². The maximum atomic E-state index is 14.8. The molecule has 0 aromatic heterocycles. The molecule has 1 fully saturated rings. The number of carbonyl (C=O) groups excluding carboxylic acids is 2. The lowest BCUT2D eigenvalue weighted by Crippen LogP contribution is -2.55. The maximum Gasteiger partial charge on any atom is 0.264 e. The molecule has 2 amide bonds. The third-order valence-corrected chi connectivity index (χ3v) is 11.1. The minimum atomic E-state index is -4.28. The molecule has 1 atom stereocenters. The van der Waals surface area contributed by atoms with E-state index < -0.39 is 28.5 Å². The summed E-state index contributed by atoms with van der Waals surface area (Å²) in [6, 6.07) is 26.9. The molecule has 50 heavy (non-hydrogen) atoms. The van der Waals surface area contributed by atoms with Crippen molar-refractivity contribution in [1.82, 2.24) is 10.2 Å². The third kappa shape index (κ3) is 9.17. The van der Waals surface area contributed by atoms with Crippen LogP contribution in [0.1, 0.15) is 48.8 Å². The van der Waals surface area contributed by atoms with Crippen LogP contribution >= 0.6 is 11.6 Å². The van der Waals surface area contributed by atoms with Crippen LogP contribution in [0.5, 0.6) is 11.5 Å². The predicted octanol–water partition coefficient (Wildman–Crippen LogP) is 6.95. The molecule has 1 aliphatic rings. The minimum Gasteiger partial charge on any atom is -0.497 e. The average molecular weight is 718 g/mol. The van der Waals surface area contributed by atoms with Crippen LogP contribution in [-0.2, 0) is 32.6 Å². The number of rotatable bonds is 14. The summed E-state index contributed by atoms with van der Waals surface area (Å²) in [5.41, 5.74) is 2.65. The Balaban J connectivity index is 1.59. The second-order valence-corrected chi connectivity index (χ2v) is 14.8. The Hall–Kier alpha value is -4.54. The molecule has 4 aromatic rings. The number of hydrogen-bond donors (Lipinski definition) is 1. The molecule has 264 valence electrons. The lowest BCUT2D eigenvalue weighted by molar-refractivity contribution is -0.140. The molecule has 0 heterocycles. The first-order chi connectivity index (χ1) is 24.1. The van der Waals surface area contributed by atoms with Crippen LogP contribution in [-0.4, -0.2) is 58.0 Å². The number of carbonyl (C=O) groups is 2. The Kier molecular flexibility index (Phi) is 12.4. The monoisotopic (exact) mass is 717 g/mol. The molecule has 0 bridgehead atoms. The molecule has 1 N–H and O–H groups in total. The maximum absolute atomic E-state index is 14.8. The zero-order valence-corrected chi connectivity index (χ0v) is 30.3. The fourth-order valence-electron chi connectivity index (χ4n) is 6.24. The standard InChI is InChI=1S/C39H44ClN3O6S/c1-28-17-20-34(21-18-28)50(46,47)43(32-19-22-37(49-3)35(40)25-32)27-38(44)42(26-30-13-10-16-33(23-30)48-2)36(24-29-11-6-4-7-12-29)39(45)41-31-14-8-5-9-15-31/h4,6-7,10-13,16-23,25,31,36H,5,8-9,14-15,24,26-27H2,1-3H3,(H,41,45)/t36-/m0/s1. The van der Waals surface area contributed by atoms with Crippen LogP contribution in [0, 0.1) is 6.92 Å². The molecule has 1 saturated carbocycles. The Morgan fingerprint density at radius 2 is 1.56 bits per heavy atom. The number of amides is 2. The van der Waals surface area contributed by atoms with E-state index in [1.165, 1.54) is 30.2 Å². The third-order valence-electron chi connectivity index (χ3n) is 9.02. The smallest absolute Gasteiger partial charge is 0.264 e. The van der Waals surface area contributed by atoms with Crippen LogP contribution in [0.15, 0.2) is 102 Å². The summed E-state index contributed by atoms with van der Waals surface area (Å²) >= 11 is 6.49. The molecular weight excluding hydrogens is 674 g/mol. The highest BCUT2D eigenvalue weighted by molar-refractivity contribution is 7.92. The Labute approximate surface area is 300 Å². The molecule has 0 unspecified atom stereocenters. The van der Waals surface area contributed by atoms with Crippen molar-refractivity contribution >= 4 is 39.1 Å². The first kappa shape index (κ1) is 36.7. The lowest BCUT2D eigenvalue weighted by Gasteiger charge is -2.35. The van der Waals surface area contributed by atoms with Crippen molar-refractivity contribution in [3.05, 3.63) is 119 Å². The van der Waals surface area contributed by atoms with Crippen LogP contribution in [0.2, 0.25) is 5.02 Å². The van der Waals surface area contributed by atoms with Gasteiger partial charge >= 0.3 is 0 Å². The largest absolute Gasteiger partial charge is 0.497 e. The molecule has 0 spiro atoms. The number of ether oxygens (including phenoxy) is 2. The summed E-state index contributed by atoms with van der Waals surface area (Å²) in [6.07, 6.45) is 5.14. The number of halogens is 1. The number of hydrogen-bond acceptors (Lipinski definition) is 6. The van der Waals surface area contributed by atoms with Crippen molar-refractivity contribution in [2.24, 2.45) is 0 Å². The van der Waals surface area contributed by atoms with Gasteiger partial charge in [-0.25, -0.2) is 8.42 Å². The number of nitrogens with one attached hydrogen (secondary N) is 1. The van der Waals surface area contributed by atoms with Crippen LogP contribution < -0.4 is 19.1 Å². The van der Waals surface area contributed by atoms with Gasteiger partial charge in [0.25, 0.3) is 10.0 Å². The number of aryl methyl sites for hydroxylation is 1. The number of nitrogens with zero attached hydrogens (tertiary/aromatic N) is 2. The summed E-state index contributed by atoms with van der Waals surface area (Å²) in [5, 5.41) is 3.41. The number of methoxy groups -OCH3 is 2. The topological polar surface area (TPSA) is 105 Å². The van der Waals surface area contributed by atoms with E-state index in [1.807, 2.05) is 55.5 Å². The Morgan fingerprint density at radius 3 is 2.22 bits per heavy atom. The zero-order valence-electron chi connectivity index (χ0n) is 28.7. The summed E-state index contributed by atoms with van der Waals surface area (Å²) in [6.45, 7) is 1.31. The van der Waals surface area contributed by atoms with Gasteiger partial charge in [-0.15, -0.1) is 0 Å². The SMILES string of the molecule is COc1cccc(CN(C(=O)CN(c2ccc(OC)c(Cl)c2)S(=O)(=O)c2ccc(C)cc2)[C@@H](Cc2ccccc2)C(=O)NC2CCCCC2)c1. The highest BCUT2D eigenvalue weighted by Crippen LogP contribution is 2.32. The van der Waals surface area contributed by atoms with E-state index in [0.29, 0.717) is 11.5 Å². The van der Waals surface area contributed by atoms with E-state index in [4.69, 9.17) is 21.1 Å². The van der Waals surface area contributed by atoms with Gasteiger partial charge in [0.1, 0.15) is 24.1 Å². The minimum absolute atomic E-state index is 0.00292. The molecular formula is C39H44ClN3O6S. The van der Waals surface area contributed by atoms with Gasteiger partial charge in [-0.1, -0.05) is 91.0 Å². The molecule has 0 saturated heterocycles. The number of sulfonamides is 1. The molecule has 4 aromatic carbocycles. The van der Waals surface area contributed by atoms with Crippen molar-refractivity contribution in [3.63, 3.8) is 0 Å². The average Bonchev–Trinajstić information content (AvgIpc) is 3.13. The molecule has 0 radical (unpaired) electrons. The van der Waals surface area contributed by atoms with Crippen molar-refractivity contribution in [3.8, 4) is 11.5 Å². The van der Waals surface area contributed by atoms with Gasteiger partial charge in [0.15, 0.2) is 0 Å². The first-order valence-electron chi connectivity index (χ1n) is 16.8. The van der Waals surface area contributed by atoms with Crippen LogP contribution in [0.3, 0.4) is 0 Å². The zero-order chi connectivity index (χ0) is 35.7. The number of anilines is 1. The van der Waals surface area contributed by atoms with E-state index in [2.05, 4.69) is 5.32 Å². The van der Waals surface area contributed by atoms with Gasteiger partial charge < -0.3 is 19.7 Å². The van der Waals surface area contributed by atoms with Crippen molar-refractivity contribution < 1.29 is 27.5 Å². The molecule has 9 nitrogen and oxygen atoms in total. The normalized spacial score (nSPS) is 14.0. The predicted molar refractivity (Wildman–Crippen MR) is 196 cm³/mol. The molecule has 5 rings (SSSR count). The van der Waals surface area contributed by atoms with Crippen molar-refractivity contribution in [2.75, 3.05) is 25.1 Å². The van der Waals surface area contributed by atoms with E-state index in [-0.39, 0.29) is 40.5 Å². The highest BCUT2D eigenvalue weighted by atomic mass is 35.5. The highest BCUT2D eigenvalue weighted by Gasteiger charge is 2.35. The van der Waals surface area contributed by atoms with Gasteiger partial charge in [0, 0.05) is 19.0 Å². The van der Waals surface area contributed by atoms with E-state index >= 15 is 0 Å². The van der Waals surface area contributed by atoms with E-state index in [9.17, 15) is 18.0 Å². The molecule has 11 heteroatoms. The second-order valence-electron chi connectivity index (χ2n) is 12.6. The van der Waals surface area contributed by atoms with Crippen LogP contribution in [0.25, 0.3) is 0 Å². The summed E-state index contributed by atoms with van der Waals surface area (Å²) in [5.74, 6) is 0.113. The fourth-order valence-corrected chi connectivity index (χ4v) is 7.90. The lowest BCUT2D eigenvalue weighted by atomic mass is 9.94. The van der Waals surface area contributed by atoms with E-state index in [1.54, 1.807) is 37.4 Å².